The Labute approximate surface area is 308 Å². The molecule has 0 spiro atoms. The molecule has 4 fully saturated rings. The molecule has 0 bridgehead atoms. The van der Waals surface area contributed by atoms with Crippen LogP contribution in [0.2, 0.25) is 0 Å². The SMILES string of the molecule is c1ccc(-c2cc(-c3ccccc3P(C3CCCCC3)C3CCCCC3)pc(-c3ccccc3P(C3CCCCC3)C3CCCCC3)c2)cc1. The van der Waals surface area contributed by atoms with E-state index >= 15 is 0 Å². The lowest BCUT2D eigenvalue weighted by Crippen LogP contribution is -2.27. The van der Waals surface area contributed by atoms with Crippen LogP contribution >= 0.6 is 24.0 Å². The van der Waals surface area contributed by atoms with E-state index in [0.29, 0.717) is 0 Å². The van der Waals surface area contributed by atoms with Crippen LogP contribution in [0.4, 0.5) is 0 Å². The molecular weight excluding hydrogens is 657 g/mol. The van der Waals surface area contributed by atoms with Gasteiger partial charge in [0.05, 0.1) is 0 Å². The smallest absolute Gasteiger partial charge is 0.0109 e. The molecule has 0 atom stereocenters. The van der Waals surface area contributed by atoms with E-state index in [1.165, 1.54) is 148 Å². The van der Waals surface area contributed by atoms with Crippen molar-refractivity contribution in [1.29, 1.82) is 0 Å². The summed E-state index contributed by atoms with van der Waals surface area (Å²) in [6.07, 6.45) is 29.0. The minimum Gasteiger partial charge on any atom is -0.0683 e. The molecule has 4 aromatic rings. The Balaban J connectivity index is 1.27. The quantitative estimate of drug-likeness (QED) is 0.151. The summed E-state index contributed by atoms with van der Waals surface area (Å²) < 4.78 is 0. The van der Waals surface area contributed by atoms with Gasteiger partial charge in [-0.25, -0.2) is 0 Å². The van der Waals surface area contributed by atoms with E-state index in [-0.39, 0.29) is 15.8 Å². The Hall–Kier alpha value is -1.83. The summed E-state index contributed by atoms with van der Waals surface area (Å²) in [4.78, 5) is 0. The topological polar surface area (TPSA) is 0 Å². The van der Waals surface area contributed by atoms with E-state index in [1.807, 2.05) is 0 Å². The number of benzene rings is 3. The maximum Gasteiger partial charge on any atom is 0.0109 e. The molecule has 3 aromatic carbocycles. The van der Waals surface area contributed by atoms with Gasteiger partial charge in [0.25, 0.3) is 0 Å². The minimum atomic E-state index is -0.180. The number of hydrogen-bond donors (Lipinski definition) is 0. The fourth-order valence-electron chi connectivity index (χ4n) is 10.3. The van der Waals surface area contributed by atoms with Gasteiger partial charge in [-0.15, -0.1) is 0 Å². The van der Waals surface area contributed by atoms with Crippen molar-refractivity contribution >= 4 is 34.6 Å². The first kappa shape index (κ1) is 35.2. The van der Waals surface area contributed by atoms with Gasteiger partial charge in [0.1, 0.15) is 0 Å². The molecule has 4 aliphatic rings. The van der Waals surface area contributed by atoms with E-state index in [2.05, 4.69) is 91.0 Å². The Morgan fingerprint density at radius 1 is 0.360 bits per heavy atom. The second-order valence-corrected chi connectivity index (χ2v) is 22.7. The van der Waals surface area contributed by atoms with Crippen molar-refractivity contribution in [3.63, 3.8) is 0 Å². The third-order valence-electron chi connectivity index (χ3n) is 12.7. The van der Waals surface area contributed by atoms with Crippen LogP contribution in [0.3, 0.4) is 0 Å². The molecule has 0 saturated heterocycles. The Kier molecular flexibility index (Phi) is 12.2. The molecule has 4 saturated carbocycles. The van der Waals surface area contributed by atoms with Crippen molar-refractivity contribution in [1.82, 2.24) is 0 Å². The fraction of sp³-hybridized carbons (Fsp3) is 0.511. The third kappa shape index (κ3) is 8.05. The molecule has 0 unspecified atom stereocenters. The van der Waals surface area contributed by atoms with Gasteiger partial charge in [-0.1, -0.05) is 180 Å². The summed E-state index contributed by atoms with van der Waals surface area (Å²) in [5.74, 6) is 0. The first-order valence-corrected chi connectivity index (χ1v) is 24.5. The lowest BCUT2D eigenvalue weighted by Gasteiger charge is -2.40. The zero-order valence-corrected chi connectivity index (χ0v) is 33.1. The van der Waals surface area contributed by atoms with Crippen LogP contribution < -0.4 is 10.6 Å². The van der Waals surface area contributed by atoms with Gasteiger partial charge in [0.15, 0.2) is 0 Å². The second kappa shape index (κ2) is 17.3. The summed E-state index contributed by atoms with van der Waals surface area (Å²) >= 11 is 0. The molecule has 3 heteroatoms. The zero-order chi connectivity index (χ0) is 33.5. The zero-order valence-electron chi connectivity index (χ0n) is 30.5. The summed E-state index contributed by atoms with van der Waals surface area (Å²) in [7, 11) is 1.05. The monoisotopic (exact) mass is 716 g/mol. The van der Waals surface area contributed by atoms with Crippen LogP contribution in [0.5, 0.6) is 0 Å². The molecule has 262 valence electrons. The summed E-state index contributed by atoms with van der Waals surface area (Å²) in [5, 5.41) is 6.58. The minimum absolute atomic E-state index is 0.180. The molecule has 1 aromatic heterocycles. The molecular formula is C47H59P3. The highest BCUT2D eigenvalue weighted by Gasteiger charge is 2.35. The maximum atomic E-state index is 2.60. The van der Waals surface area contributed by atoms with Gasteiger partial charge >= 0.3 is 0 Å². The first-order chi connectivity index (χ1) is 24.8. The van der Waals surface area contributed by atoms with Crippen molar-refractivity contribution in [3.8, 4) is 32.8 Å². The highest BCUT2D eigenvalue weighted by Crippen LogP contribution is 2.59. The Bertz CT molecular complexity index is 1520. The predicted octanol–water partition coefficient (Wildman–Crippen LogP) is 14.8. The average Bonchev–Trinajstić information content (AvgIpc) is 3.20. The molecule has 8 rings (SSSR count). The highest BCUT2D eigenvalue weighted by molar-refractivity contribution is 7.68. The second-order valence-electron chi connectivity index (χ2n) is 16.0. The summed E-state index contributed by atoms with van der Waals surface area (Å²) in [5.41, 5.74) is 9.55. The van der Waals surface area contributed by atoms with Gasteiger partial charge in [0, 0.05) is 10.6 Å². The lowest BCUT2D eigenvalue weighted by molar-refractivity contribution is 0.487. The molecule has 50 heavy (non-hydrogen) atoms. The van der Waals surface area contributed by atoms with E-state index in [9.17, 15) is 0 Å². The third-order valence-corrected chi connectivity index (χ3v) is 21.0. The fourth-order valence-corrected chi connectivity index (χ4v) is 19.6. The Morgan fingerprint density at radius 2 is 0.700 bits per heavy atom. The van der Waals surface area contributed by atoms with Crippen LogP contribution in [-0.2, 0) is 0 Å². The van der Waals surface area contributed by atoms with Crippen molar-refractivity contribution in [2.45, 2.75) is 151 Å². The van der Waals surface area contributed by atoms with Crippen molar-refractivity contribution in [2.75, 3.05) is 0 Å². The van der Waals surface area contributed by atoms with Crippen molar-refractivity contribution < 1.29 is 0 Å². The highest BCUT2D eigenvalue weighted by atomic mass is 31.1. The van der Waals surface area contributed by atoms with Gasteiger partial charge in [-0.05, 0) is 119 Å². The van der Waals surface area contributed by atoms with E-state index in [0.717, 1.165) is 22.6 Å². The van der Waals surface area contributed by atoms with Gasteiger partial charge < -0.3 is 0 Å². The van der Waals surface area contributed by atoms with Gasteiger partial charge in [-0.2, -0.15) is 0 Å². The number of rotatable bonds is 9. The van der Waals surface area contributed by atoms with Crippen LogP contribution in [0.15, 0.2) is 91.0 Å². The average molecular weight is 717 g/mol. The van der Waals surface area contributed by atoms with E-state index in [4.69, 9.17) is 0 Å². The summed E-state index contributed by atoms with van der Waals surface area (Å²) in [6.45, 7) is 0. The van der Waals surface area contributed by atoms with E-state index < -0.39 is 0 Å². The standard InChI is InChI=1S/C47H59P3/c1-6-20-36(21-7-1)37-34-44(42-30-16-18-32-46(42)49(38-22-8-2-9-23-38)39-24-10-3-11-25-39)48-45(35-37)43-31-17-19-33-47(43)50(40-26-12-4-13-27-40)41-28-14-5-15-29-41/h1,6-7,16-21,30-35,38-41H,2-5,8-15,22-29H2. The molecule has 0 aliphatic heterocycles. The molecule has 0 radical (unpaired) electrons. The maximum absolute atomic E-state index is 2.60. The van der Waals surface area contributed by atoms with Crippen LogP contribution in [0, 0.1) is 0 Å². The molecule has 0 nitrogen and oxygen atoms in total. The van der Waals surface area contributed by atoms with Crippen LogP contribution in [-0.4, -0.2) is 22.6 Å². The lowest BCUT2D eigenvalue weighted by atomic mass is 9.99. The van der Waals surface area contributed by atoms with Gasteiger partial charge in [-0.3, -0.25) is 0 Å². The number of hydrogen-bond acceptors (Lipinski definition) is 0. The summed E-state index contributed by atoms with van der Waals surface area (Å²) in [6, 6.07) is 36.2. The molecule has 1 heterocycles. The Morgan fingerprint density at radius 3 is 1.08 bits per heavy atom. The van der Waals surface area contributed by atoms with Crippen molar-refractivity contribution in [2.24, 2.45) is 0 Å². The molecule has 0 N–H and O–H groups in total. The van der Waals surface area contributed by atoms with E-state index in [1.54, 1.807) is 32.3 Å². The largest absolute Gasteiger partial charge is 0.0683 e. The molecule has 4 aliphatic carbocycles. The molecule has 0 amide bonds. The first-order valence-electron chi connectivity index (χ1n) is 20.7. The van der Waals surface area contributed by atoms with Crippen LogP contribution in [0.25, 0.3) is 32.8 Å². The van der Waals surface area contributed by atoms with Crippen LogP contribution in [0.1, 0.15) is 128 Å². The van der Waals surface area contributed by atoms with Crippen molar-refractivity contribution in [3.05, 3.63) is 91.0 Å². The van der Waals surface area contributed by atoms with Gasteiger partial charge in [0.2, 0.25) is 0 Å². The predicted molar refractivity (Wildman–Crippen MR) is 226 cm³/mol. The normalized spacial score (nSPS) is 20.4.